The van der Waals surface area contributed by atoms with Crippen LogP contribution in [0.25, 0.3) is 0 Å². The molecule has 0 aromatic rings. The molecule has 0 radical (unpaired) electrons. The van der Waals surface area contributed by atoms with Gasteiger partial charge in [-0.2, -0.15) is 0 Å². The average Bonchev–Trinajstić information content (AvgIpc) is 3.07. The molecule has 4 heteroatoms. The van der Waals surface area contributed by atoms with E-state index in [1.54, 1.807) is 0 Å². The molecule has 1 aliphatic heterocycles. The van der Waals surface area contributed by atoms with Crippen molar-refractivity contribution < 1.29 is 9.59 Å². The fraction of sp³-hybridized carbons (Fsp3) is 0.857. The molecule has 3 fully saturated rings. The maximum Gasteiger partial charge on any atom is 0.229 e. The predicted octanol–water partition coefficient (Wildman–Crippen LogP) is 1.43. The lowest BCUT2D eigenvalue weighted by Crippen LogP contribution is -2.51. The molecule has 1 spiro atoms. The molecule has 100 valence electrons. The summed E-state index contributed by atoms with van der Waals surface area (Å²) >= 11 is 0. The third-order valence-electron chi connectivity index (χ3n) is 4.94. The molecule has 2 N–H and O–H groups in total. The van der Waals surface area contributed by atoms with Gasteiger partial charge in [0.25, 0.3) is 0 Å². The Balaban J connectivity index is 1.66. The number of carbonyl (C=O) groups is 2. The van der Waals surface area contributed by atoms with E-state index in [-0.39, 0.29) is 23.3 Å². The molecule has 2 aliphatic carbocycles. The van der Waals surface area contributed by atoms with Gasteiger partial charge >= 0.3 is 0 Å². The summed E-state index contributed by atoms with van der Waals surface area (Å²) < 4.78 is 0. The van der Waals surface area contributed by atoms with Crippen molar-refractivity contribution in [3.05, 3.63) is 0 Å². The van der Waals surface area contributed by atoms with E-state index in [1.807, 2.05) is 0 Å². The van der Waals surface area contributed by atoms with E-state index in [9.17, 15) is 9.59 Å². The number of piperidine rings is 1. The highest BCUT2D eigenvalue weighted by atomic mass is 16.2. The number of rotatable bonds is 3. The molecule has 1 heterocycles. The minimum atomic E-state index is -0.00414. The van der Waals surface area contributed by atoms with Crippen molar-refractivity contribution in [2.45, 2.75) is 57.4 Å². The highest BCUT2D eigenvalue weighted by Gasteiger charge is 2.45. The Morgan fingerprint density at radius 2 is 1.72 bits per heavy atom. The molecule has 3 rings (SSSR count). The van der Waals surface area contributed by atoms with E-state index in [0.29, 0.717) is 25.3 Å². The van der Waals surface area contributed by atoms with E-state index in [4.69, 9.17) is 5.73 Å². The minimum absolute atomic E-state index is 0.00414. The molecule has 2 amide bonds. The highest BCUT2D eigenvalue weighted by Crippen LogP contribution is 2.47. The number of nitrogens with zero attached hydrogens (tertiary/aromatic N) is 1. The van der Waals surface area contributed by atoms with Crippen molar-refractivity contribution in [1.29, 1.82) is 0 Å². The molecule has 1 unspecified atom stereocenters. The summed E-state index contributed by atoms with van der Waals surface area (Å²) in [7, 11) is 0. The summed E-state index contributed by atoms with van der Waals surface area (Å²) in [6, 6.07) is -0.00414. The topological polar surface area (TPSA) is 63.4 Å². The second kappa shape index (κ2) is 4.34. The Morgan fingerprint density at radius 1 is 1.17 bits per heavy atom. The van der Waals surface area contributed by atoms with Crippen LogP contribution in [0.5, 0.6) is 0 Å². The van der Waals surface area contributed by atoms with Crippen LogP contribution in [0.2, 0.25) is 0 Å². The van der Waals surface area contributed by atoms with Gasteiger partial charge in [-0.3, -0.25) is 14.5 Å². The lowest BCUT2D eigenvalue weighted by molar-refractivity contribution is -0.153. The lowest BCUT2D eigenvalue weighted by atomic mass is 9.76. The van der Waals surface area contributed by atoms with Crippen LogP contribution in [0.4, 0.5) is 0 Å². The number of carbonyl (C=O) groups excluding carboxylic acids is 2. The zero-order valence-corrected chi connectivity index (χ0v) is 10.9. The number of imide groups is 1. The van der Waals surface area contributed by atoms with Crippen LogP contribution in [0.3, 0.4) is 0 Å². The first-order chi connectivity index (χ1) is 8.60. The molecule has 3 aliphatic rings. The van der Waals surface area contributed by atoms with Gasteiger partial charge in [0, 0.05) is 25.4 Å². The number of hydrogen-bond donors (Lipinski definition) is 1. The summed E-state index contributed by atoms with van der Waals surface area (Å²) in [5, 5.41) is 0. The standard InChI is InChI=1S/C14H22N2O2/c15-11(10-3-4-10)9-16-12(17)7-14(8-13(16)18)5-1-2-6-14/h10-11H,1-9,15H2. The van der Waals surface area contributed by atoms with Crippen LogP contribution in [0.1, 0.15) is 51.4 Å². The van der Waals surface area contributed by atoms with Crippen molar-refractivity contribution in [2.75, 3.05) is 6.54 Å². The molecule has 4 nitrogen and oxygen atoms in total. The largest absolute Gasteiger partial charge is 0.326 e. The van der Waals surface area contributed by atoms with Gasteiger partial charge in [-0.15, -0.1) is 0 Å². The Bertz CT molecular complexity index is 350. The summed E-state index contributed by atoms with van der Waals surface area (Å²) in [5.41, 5.74) is 6.04. The number of hydrogen-bond acceptors (Lipinski definition) is 3. The van der Waals surface area contributed by atoms with Crippen molar-refractivity contribution >= 4 is 11.8 Å². The van der Waals surface area contributed by atoms with Crippen molar-refractivity contribution in [1.82, 2.24) is 4.90 Å². The van der Waals surface area contributed by atoms with E-state index < -0.39 is 0 Å². The maximum atomic E-state index is 12.2. The van der Waals surface area contributed by atoms with Crippen LogP contribution in [0, 0.1) is 11.3 Å². The number of amides is 2. The first-order valence-corrected chi connectivity index (χ1v) is 7.18. The van der Waals surface area contributed by atoms with Crippen molar-refractivity contribution in [3.8, 4) is 0 Å². The van der Waals surface area contributed by atoms with Gasteiger partial charge in [0.1, 0.15) is 0 Å². The summed E-state index contributed by atoms with van der Waals surface area (Å²) in [6.45, 7) is 0.443. The second-order valence-corrected chi connectivity index (χ2v) is 6.46. The molecule has 2 saturated carbocycles. The van der Waals surface area contributed by atoms with Gasteiger partial charge in [-0.05, 0) is 37.0 Å². The quantitative estimate of drug-likeness (QED) is 0.771. The highest BCUT2D eigenvalue weighted by molar-refractivity contribution is 5.98. The van der Waals surface area contributed by atoms with E-state index >= 15 is 0 Å². The third-order valence-corrected chi connectivity index (χ3v) is 4.94. The van der Waals surface area contributed by atoms with Crippen LogP contribution in [-0.4, -0.2) is 29.3 Å². The van der Waals surface area contributed by atoms with E-state index in [2.05, 4.69) is 0 Å². The van der Waals surface area contributed by atoms with E-state index in [0.717, 1.165) is 25.7 Å². The smallest absolute Gasteiger partial charge is 0.229 e. The lowest BCUT2D eigenvalue weighted by Gasteiger charge is -2.38. The van der Waals surface area contributed by atoms with Gasteiger partial charge < -0.3 is 5.73 Å². The molecular weight excluding hydrogens is 228 g/mol. The molecule has 1 atom stereocenters. The normalized spacial score (nSPS) is 29.1. The Hall–Kier alpha value is -0.900. The number of likely N-dealkylation sites (tertiary alicyclic amines) is 1. The number of nitrogens with two attached hydrogens (primary N) is 1. The van der Waals surface area contributed by atoms with Crippen LogP contribution < -0.4 is 5.73 Å². The zero-order chi connectivity index (χ0) is 12.8. The Labute approximate surface area is 108 Å². The van der Waals surface area contributed by atoms with Crippen molar-refractivity contribution in [2.24, 2.45) is 17.1 Å². The molecule has 18 heavy (non-hydrogen) atoms. The molecule has 0 bridgehead atoms. The molecule has 1 saturated heterocycles. The van der Waals surface area contributed by atoms with Gasteiger partial charge in [-0.1, -0.05) is 12.8 Å². The summed E-state index contributed by atoms with van der Waals surface area (Å²) in [6.07, 6.45) is 7.87. The van der Waals surface area contributed by atoms with Crippen LogP contribution in [0.15, 0.2) is 0 Å². The summed E-state index contributed by atoms with van der Waals surface area (Å²) in [4.78, 5) is 25.8. The Morgan fingerprint density at radius 3 is 2.22 bits per heavy atom. The molecule has 0 aromatic heterocycles. The maximum absolute atomic E-state index is 12.2. The zero-order valence-electron chi connectivity index (χ0n) is 10.9. The van der Waals surface area contributed by atoms with E-state index in [1.165, 1.54) is 17.7 Å². The molecule has 0 aromatic carbocycles. The Kier molecular flexibility index (Phi) is 2.93. The monoisotopic (exact) mass is 250 g/mol. The average molecular weight is 250 g/mol. The first kappa shape index (κ1) is 12.2. The first-order valence-electron chi connectivity index (χ1n) is 7.18. The minimum Gasteiger partial charge on any atom is -0.326 e. The molecular formula is C14H22N2O2. The fourth-order valence-corrected chi connectivity index (χ4v) is 3.60. The summed E-state index contributed by atoms with van der Waals surface area (Å²) in [5.74, 6) is 0.571. The van der Waals surface area contributed by atoms with Gasteiger partial charge in [0.2, 0.25) is 11.8 Å². The van der Waals surface area contributed by atoms with Crippen LogP contribution >= 0.6 is 0 Å². The predicted molar refractivity (Wildman–Crippen MR) is 67.6 cm³/mol. The second-order valence-electron chi connectivity index (χ2n) is 6.46. The third kappa shape index (κ3) is 2.18. The van der Waals surface area contributed by atoms with Crippen molar-refractivity contribution in [3.63, 3.8) is 0 Å². The van der Waals surface area contributed by atoms with Crippen LogP contribution in [-0.2, 0) is 9.59 Å². The van der Waals surface area contributed by atoms with Gasteiger partial charge in [0.05, 0.1) is 0 Å². The van der Waals surface area contributed by atoms with Gasteiger partial charge in [-0.25, -0.2) is 0 Å². The fourth-order valence-electron chi connectivity index (χ4n) is 3.60. The SMILES string of the molecule is NC(CN1C(=O)CC2(CCCC2)CC1=O)C1CC1. The van der Waals surface area contributed by atoms with Gasteiger partial charge in [0.15, 0.2) is 0 Å².